The number of aliphatic hydroxyl groups is 1. The van der Waals surface area contributed by atoms with E-state index in [4.69, 9.17) is 5.11 Å². The Bertz CT molecular complexity index is 2290. The minimum absolute atomic E-state index is 0. The minimum Gasteiger partial charge on any atom is -0.512 e. The van der Waals surface area contributed by atoms with Crippen LogP contribution in [0.3, 0.4) is 0 Å². The molecular formula is C29H16ErN16O2-2. The molecule has 0 amide bonds. The van der Waals surface area contributed by atoms with Gasteiger partial charge in [0.15, 0.2) is 5.78 Å². The van der Waals surface area contributed by atoms with Crippen LogP contribution in [0.1, 0.15) is 13.8 Å². The third-order valence-corrected chi connectivity index (χ3v) is 6.59. The quantitative estimate of drug-likeness (QED) is 0.185. The van der Waals surface area contributed by atoms with Gasteiger partial charge in [-0.25, -0.2) is 9.97 Å². The normalized spacial score (nSPS) is 11.7. The minimum atomic E-state index is -0.125. The third kappa shape index (κ3) is 5.46. The van der Waals surface area contributed by atoms with Crippen LogP contribution in [0.25, 0.3) is 90.7 Å². The first-order chi connectivity index (χ1) is 22.9. The summed E-state index contributed by atoms with van der Waals surface area (Å²) in [7, 11) is 0. The number of rotatable bonds is 1. The summed E-state index contributed by atoms with van der Waals surface area (Å²) in [4.78, 5) is 82.8. The summed E-state index contributed by atoms with van der Waals surface area (Å²) in [5, 5.41) is 8.36. The summed E-state index contributed by atoms with van der Waals surface area (Å²) in [6.45, 7) is 2.85. The zero-order valence-electron chi connectivity index (χ0n) is 24.5. The van der Waals surface area contributed by atoms with Crippen LogP contribution < -0.4 is 9.97 Å². The van der Waals surface area contributed by atoms with Gasteiger partial charge in [0.2, 0.25) is 0 Å². The summed E-state index contributed by atoms with van der Waals surface area (Å²) in [5.41, 5.74) is 4.45. The van der Waals surface area contributed by atoms with Crippen molar-refractivity contribution in [3.8, 4) is 46.1 Å². The molecule has 7 aromatic heterocycles. The number of aromatic nitrogens is 16. The Balaban J connectivity index is 0.000000415. The number of ketones is 1. The van der Waals surface area contributed by atoms with Crippen LogP contribution >= 0.6 is 0 Å². The van der Waals surface area contributed by atoms with E-state index in [-0.39, 0.29) is 94.7 Å². The monoisotopic (exact) mass is 786 g/mol. The maximum atomic E-state index is 10.0. The van der Waals surface area contributed by atoms with E-state index in [9.17, 15) is 4.79 Å². The fraction of sp³-hybridized carbons (Fsp3) is 0.0690. The number of hydrogen-bond donors (Lipinski definition) is 1. The summed E-state index contributed by atoms with van der Waals surface area (Å²) in [5.74, 6) is 0.947. The molecule has 18 nitrogen and oxygen atoms in total. The molecular weight excluding hydrogens is 772 g/mol. The molecule has 0 saturated carbocycles. The van der Waals surface area contributed by atoms with Gasteiger partial charge in [-0.1, -0.05) is 0 Å². The van der Waals surface area contributed by atoms with Gasteiger partial charge in [0.25, 0.3) is 0 Å². The molecule has 0 saturated heterocycles. The number of hydrogen-bond acceptors (Lipinski definition) is 16. The molecule has 19 heteroatoms. The fourth-order valence-corrected chi connectivity index (χ4v) is 4.81. The first-order valence-electron chi connectivity index (χ1n) is 13.8. The summed E-state index contributed by atoms with van der Waals surface area (Å²) in [6.07, 6.45) is 13.6. The van der Waals surface area contributed by atoms with Gasteiger partial charge >= 0.3 is 0 Å². The summed E-state index contributed by atoms with van der Waals surface area (Å²) >= 11 is 0. The zero-order chi connectivity index (χ0) is 32.1. The van der Waals surface area contributed by atoms with Crippen molar-refractivity contribution in [2.24, 2.45) is 0 Å². The van der Waals surface area contributed by atoms with Crippen LogP contribution in [0.15, 0.2) is 61.4 Å². The number of carbonyl (C=O) groups excluding carboxylic acids is 1. The maximum absolute atomic E-state index is 10.0. The van der Waals surface area contributed by atoms with Crippen LogP contribution in [-0.2, 0) is 4.79 Å². The molecule has 238 valence electrons. The van der Waals surface area contributed by atoms with Crippen molar-refractivity contribution in [1.29, 1.82) is 0 Å². The topological polar surface area (TPSA) is 246 Å². The fourth-order valence-electron chi connectivity index (χ4n) is 4.81. The van der Waals surface area contributed by atoms with Gasteiger partial charge in [0.1, 0.15) is 68.1 Å². The smallest absolute Gasteiger partial charge is 0.155 e. The van der Waals surface area contributed by atoms with Crippen LogP contribution in [0, 0.1) is 37.3 Å². The van der Waals surface area contributed by atoms with Crippen molar-refractivity contribution in [2.75, 3.05) is 0 Å². The molecule has 1 N–H and O–H groups in total. The molecule has 0 radical (unpaired) electrons. The van der Waals surface area contributed by atoms with Gasteiger partial charge in [0.05, 0.1) is 5.76 Å². The second-order valence-corrected chi connectivity index (χ2v) is 9.89. The standard InChI is InChI=1S/C24H8N16.C5H8O2.Er/c1-2-26-10-9(25-1)17-33-18(10)38-20-13-14(30-6-5-29-13)22(35-20)40-24-16-15(31-7-8-32-16)23(36-24)39-21-12-11(19(34-21)37-17)27-3-4-28-12;1-4(6)3-5(2)7;/h1-8H;3,6H,1-2H3;/q-2;;/b;4-3+;. The van der Waals surface area contributed by atoms with Gasteiger partial charge in [0, 0.05) is 116 Å². The largest absolute Gasteiger partial charge is 0.512 e. The molecule has 48 heavy (non-hydrogen) atoms. The summed E-state index contributed by atoms with van der Waals surface area (Å²) < 4.78 is 0. The Morgan fingerprint density at radius 3 is 1.00 bits per heavy atom. The molecule has 9 heterocycles. The van der Waals surface area contributed by atoms with E-state index in [2.05, 4.69) is 79.7 Å². The number of nitrogens with zero attached hydrogens (tertiary/aromatic N) is 16. The van der Waals surface area contributed by atoms with E-state index in [1.54, 1.807) is 49.6 Å². The molecule has 0 aliphatic carbocycles. The van der Waals surface area contributed by atoms with Crippen molar-refractivity contribution >= 4 is 50.4 Å². The zero-order valence-corrected chi connectivity index (χ0v) is 26.3. The van der Waals surface area contributed by atoms with Crippen LogP contribution in [-0.4, -0.2) is 80.7 Å². The van der Waals surface area contributed by atoms with E-state index in [1.165, 1.54) is 19.9 Å². The number of allylic oxidation sites excluding steroid dienone is 2. The molecule has 9 rings (SSSR count). The third-order valence-electron chi connectivity index (χ3n) is 6.59. The first-order valence-corrected chi connectivity index (χ1v) is 13.8. The Kier molecular flexibility index (Phi) is 7.94. The Morgan fingerprint density at radius 2 is 0.771 bits per heavy atom. The van der Waals surface area contributed by atoms with Crippen molar-refractivity contribution in [3.63, 3.8) is 0 Å². The molecule has 0 atom stereocenters. The molecule has 8 bridgehead atoms. The average Bonchev–Trinajstić information content (AvgIpc) is 3.80. The predicted octanol–water partition coefficient (Wildman–Crippen LogP) is 2.32. The molecule has 2 aliphatic heterocycles. The van der Waals surface area contributed by atoms with Gasteiger partial charge < -0.3 is 35.0 Å². The number of fused-ring (bicyclic) bond motifs is 20. The molecule has 0 fully saturated rings. The van der Waals surface area contributed by atoms with E-state index < -0.39 is 0 Å². The van der Waals surface area contributed by atoms with E-state index in [1.807, 2.05) is 0 Å². The van der Waals surface area contributed by atoms with E-state index in [0.717, 1.165) is 0 Å². The van der Waals surface area contributed by atoms with Crippen molar-refractivity contribution in [3.05, 3.63) is 61.4 Å². The maximum Gasteiger partial charge on any atom is 0.155 e. The van der Waals surface area contributed by atoms with E-state index in [0.29, 0.717) is 44.8 Å². The van der Waals surface area contributed by atoms with E-state index >= 15 is 0 Å². The SMILES string of the molecule is CC(=O)/C=C(\C)O.[Er].c1cnc2c(n1)-c1nc-2nc2[n-]c(nc3nc(nc4[n-]c(n1)c1nccnc41)-c1nccnc1-3)c1nccnc21. The number of carbonyl (C=O) groups is 1. The van der Waals surface area contributed by atoms with Crippen LogP contribution in [0.5, 0.6) is 0 Å². The van der Waals surface area contributed by atoms with Crippen molar-refractivity contribution in [2.45, 2.75) is 13.8 Å². The Hall–Kier alpha value is -5.86. The van der Waals surface area contributed by atoms with Crippen LogP contribution in [0.4, 0.5) is 0 Å². The average molecular weight is 788 g/mol. The summed E-state index contributed by atoms with van der Waals surface area (Å²) in [6, 6.07) is 0. The second kappa shape index (κ2) is 12.4. The second-order valence-electron chi connectivity index (χ2n) is 9.89. The van der Waals surface area contributed by atoms with Gasteiger partial charge in [-0.15, -0.1) is 0 Å². The molecule has 7 aromatic rings. The number of aliphatic hydroxyl groups excluding tert-OH is 1. The Labute approximate surface area is 297 Å². The van der Waals surface area contributed by atoms with Gasteiger partial charge in [-0.3, -0.25) is 44.7 Å². The molecule has 2 aliphatic rings. The molecule has 0 aromatic carbocycles. The van der Waals surface area contributed by atoms with Crippen molar-refractivity contribution in [1.82, 2.24) is 79.7 Å². The first kappa shape index (κ1) is 30.8. The van der Waals surface area contributed by atoms with Crippen molar-refractivity contribution < 1.29 is 47.2 Å². The predicted molar refractivity (Wildman–Crippen MR) is 163 cm³/mol. The van der Waals surface area contributed by atoms with Gasteiger partial charge in [-0.2, -0.15) is 0 Å². The molecule has 0 unspecified atom stereocenters. The Morgan fingerprint density at radius 1 is 0.500 bits per heavy atom. The van der Waals surface area contributed by atoms with Gasteiger partial charge in [-0.05, 0) is 13.8 Å². The molecule has 0 spiro atoms. The van der Waals surface area contributed by atoms with Crippen LogP contribution in [0.2, 0.25) is 0 Å².